The summed E-state index contributed by atoms with van der Waals surface area (Å²) in [7, 11) is 1.94. The summed E-state index contributed by atoms with van der Waals surface area (Å²) in [6.07, 6.45) is 4.58. The third kappa shape index (κ3) is 4.95. The molecule has 2 atom stereocenters. The van der Waals surface area contributed by atoms with Crippen LogP contribution in [0.2, 0.25) is 0 Å². The van der Waals surface area contributed by atoms with Crippen molar-refractivity contribution in [2.75, 3.05) is 7.05 Å². The van der Waals surface area contributed by atoms with Gasteiger partial charge in [0.15, 0.2) is 0 Å². The first kappa shape index (κ1) is 20.0. The minimum atomic E-state index is -0.240. The number of hydrogen-bond acceptors (Lipinski definition) is 2. The fourth-order valence-electron chi connectivity index (χ4n) is 3.39. The standard InChI is InChI=1S/C19H30N2O.ClH/c1-14(17(20)15-8-6-5-7-9-15)18(22)21(4)16-10-12-19(2,3)13-11-16;/h5-9,14,16-17H,10-13,20H2,1-4H3;1H. The van der Waals surface area contributed by atoms with Crippen LogP contribution in [0.4, 0.5) is 0 Å². The van der Waals surface area contributed by atoms with Crippen LogP contribution in [-0.2, 0) is 4.79 Å². The molecule has 3 nitrogen and oxygen atoms in total. The van der Waals surface area contributed by atoms with Crippen LogP contribution in [0.3, 0.4) is 0 Å². The number of amides is 1. The molecule has 1 aromatic rings. The summed E-state index contributed by atoms with van der Waals surface area (Å²) in [4.78, 5) is 14.7. The first-order chi connectivity index (χ1) is 10.3. The Morgan fingerprint density at radius 3 is 2.26 bits per heavy atom. The molecule has 0 heterocycles. The Morgan fingerprint density at radius 2 is 1.74 bits per heavy atom. The number of rotatable bonds is 4. The number of nitrogens with zero attached hydrogens (tertiary/aromatic N) is 1. The van der Waals surface area contributed by atoms with Crippen LogP contribution in [0.15, 0.2) is 30.3 Å². The van der Waals surface area contributed by atoms with E-state index in [-0.39, 0.29) is 30.3 Å². The Morgan fingerprint density at radius 1 is 1.22 bits per heavy atom. The van der Waals surface area contributed by atoms with Crippen LogP contribution in [0, 0.1) is 11.3 Å². The van der Waals surface area contributed by atoms with Crippen LogP contribution in [-0.4, -0.2) is 23.9 Å². The molecule has 1 aliphatic carbocycles. The van der Waals surface area contributed by atoms with E-state index in [0.29, 0.717) is 11.5 Å². The van der Waals surface area contributed by atoms with Gasteiger partial charge in [-0.15, -0.1) is 12.4 Å². The zero-order chi connectivity index (χ0) is 16.3. The van der Waals surface area contributed by atoms with E-state index in [1.165, 1.54) is 12.8 Å². The van der Waals surface area contributed by atoms with Crippen molar-refractivity contribution < 1.29 is 4.79 Å². The predicted molar refractivity (Wildman–Crippen MR) is 98.6 cm³/mol. The molecule has 4 heteroatoms. The maximum atomic E-state index is 12.8. The second-order valence-corrected chi connectivity index (χ2v) is 7.57. The molecule has 1 saturated carbocycles. The molecule has 1 fully saturated rings. The summed E-state index contributed by atoms with van der Waals surface area (Å²) in [5, 5.41) is 0. The molecular weight excluding hydrogens is 308 g/mol. The van der Waals surface area contributed by atoms with E-state index in [0.717, 1.165) is 18.4 Å². The molecule has 0 bridgehead atoms. The van der Waals surface area contributed by atoms with E-state index in [4.69, 9.17) is 5.73 Å². The smallest absolute Gasteiger partial charge is 0.227 e. The number of carbonyl (C=O) groups is 1. The highest BCUT2D eigenvalue weighted by molar-refractivity contribution is 5.85. The van der Waals surface area contributed by atoms with E-state index >= 15 is 0 Å². The molecule has 0 radical (unpaired) electrons. The summed E-state index contributed by atoms with van der Waals surface area (Å²) < 4.78 is 0. The molecule has 23 heavy (non-hydrogen) atoms. The monoisotopic (exact) mass is 338 g/mol. The lowest BCUT2D eigenvalue weighted by molar-refractivity contribution is -0.137. The minimum Gasteiger partial charge on any atom is -0.342 e. The van der Waals surface area contributed by atoms with Gasteiger partial charge in [-0.2, -0.15) is 0 Å². The quantitative estimate of drug-likeness (QED) is 0.895. The molecule has 0 aromatic heterocycles. The average Bonchev–Trinajstić information content (AvgIpc) is 2.53. The maximum Gasteiger partial charge on any atom is 0.227 e. The van der Waals surface area contributed by atoms with E-state index in [1.807, 2.05) is 49.2 Å². The van der Waals surface area contributed by atoms with Crippen LogP contribution in [0.25, 0.3) is 0 Å². The Bertz CT molecular complexity index is 493. The summed E-state index contributed by atoms with van der Waals surface area (Å²) in [6, 6.07) is 10.0. The number of hydrogen-bond donors (Lipinski definition) is 1. The normalized spacial score (nSPS) is 20.2. The average molecular weight is 339 g/mol. The summed E-state index contributed by atoms with van der Waals surface area (Å²) in [6.45, 7) is 6.58. The molecule has 1 amide bonds. The van der Waals surface area contributed by atoms with Gasteiger partial charge in [0.1, 0.15) is 0 Å². The van der Waals surface area contributed by atoms with Crippen LogP contribution in [0.5, 0.6) is 0 Å². The van der Waals surface area contributed by atoms with E-state index in [1.54, 1.807) is 0 Å². The highest BCUT2D eigenvalue weighted by atomic mass is 35.5. The van der Waals surface area contributed by atoms with Gasteiger partial charge in [-0.05, 0) is 36.7 Å². The predicted octanol–water partition coefficient (Wildman–Crippen LogP) is 4.17. The highest BCUT2D eigenvalue weighted by Gasteiger charge is 2.33. The lowest BCUT2D eigenvalue weighted by Crippen LogP contribution is -2.45. The van der Waals surface area contributed by atoms with E-state index in [9.17, 15) is 4.79 Å². The number of nitrogens with two attached hydrogens (primary N) is 1. The maximum absolute atomic E-state index is 12.8. The lowest BCUT2D eigenvalue weighted by atomic mass is 9.75. The van der Waals surface area contributed by atoms with Crippen LogP contribution < -0.4 is 5.73 Å². The van der Waals surface area contributed by atoms with Gasteiger partial charge >= 0.3 is 0 Å². The van der Waals surface area contributed by atoms with Gasteiger partial charge in [0, 0.05) is 19.1 Å². The Hall–Kier alpha value is -1.06. The first-order valence-electron chi connectivity index (χ1n) is 8.39. The third-order valence-electron chi connectivity index (χ3n) is 5.32. The summed E-state index contributed by atoms with van der Waals surface area (Å²) >= 11 is 0. The van der Waals surface area contributed by atoms with Gasteiger partial charge in [0.25, 0.3) is 0 Å². The van der Waals surface area contributed by atoms with Crippen molar-refractivity contribution >= 4 is 18.3 Å². The van der Waals surface area contributed by atoms with Crippen molar-refractivity contribution in [3.05, 3.63) is 35.9 Å². The molecule has 2 N–H and O–H groups in total. The third-order valence-corrected chi connectivity index (χ3v) is 5.32. The molecule has 0 spiro atoms. The zero-order valence-corrected chi connectivity index (χ0v) is 15.6. The Kier molecular flexibility index (Phi) is 7.09. The summed E-state index contributed by atoms with van der Waals surface area (Å²) in [5.74, 6) is -0.0246. The number of halogens is 1. The first-order valence-corrected chi connectivity index (χ1v) is 8.39. The fraction of sp³-hybridized carbons (Fsp3) is 0.632. The number of carbonyl (C=O) groups excluding carboxylic acids is 1. The van der Waals surface area contributed by atoms with Crippen molar-refractivity contribution in [1.29, 1.82) is 0 Å². The van der Waals surface area contributed by atoms with Gasteiger partial charge in [0.2, 0.25) is 5.91 Å². The summed E-state index contributed by atoms with van der Waals surface area (Å²) in [5.41, 5.74) is 7.75. The molecule has 1 aliphatic rings. The van der Waals surface area contributed by atoms with E-state index < -0.39 is 0 Å². The van der Waals surface area contributed by atoms with Gasteiger partial charge in [-0.3, -0.25) is 4.79 Å². The fourth-order valence-corrected chi connectivity index (χ4v) is 3.39. The topological polar surface area (TPSA) is 46.3 Å². The lowest BCUT2D eigenvalue weighted by Gasteiger charge is -2.39. The molecule has 1 aromatic carbocycles. The molecule has 0 saturated heterocycles. The van der Waals surface area contributed by atoms with Gasteiger partial charge in [-0.1, -0.05) is 51.1 Å². The molecule has 2 rings (SSSR count). The van der Waals surface area contributed by atoms with Crippen molar-refractivity contribution in [2.24, 2.45) is 17.1 Å². The van der Waals surface area contributed by atoms with Crippen LogP contribution in [0.1, 0.15) is 58.1 Å². The van der Waals surface area contributed by atoms with Crippen molar-refractivity contribution in [2.45, 2.75) is 58.5 Å². The molecule has 2 unspecified atom stereocenters. The second kappa shape index (κ2) is 8.16. The van der Waals surface area contributed by atoms with Gasteiger partial charge in [-0.25, -0.2) is 0 Å². The Labute approximate surface area is 147 Å². The molecule has 130 valence electrons. The van der Waals surface area contributed by atoms with Crippen molar-refractivity contribution in [1.82, 2.24) is 4.90 Å². The van der Waals surface area contributed by atoms with E-state index in [2.05, 4.69) is 13.8 Å². The van der Waals surface area contributed by atoms with Crippen molar-refractivity contribution in [3.63, 3.8) is 0 Å². The zero-order valence-electron chi connectivity index (χ0n) is 14.8. The largest absolute Gasteiger partial charge is 0.342 e. The van der Waals surface area contributed by atoms with Gasteiger partial charge in [0.05, 0.1) is 5.92 Å². The minimum absolute atomic E-state index is 0. The van der Waals surface area contributed by atoms with Crippen LogP contribution >= 0.6 is 12.4 Å². The molecule has 0 aliphatic heterocycles. The van der Waals surface area contributed by atoms with Gasteiger partial charge < -0.3 is 10.6 Å². The SMILES string of the molecule is CC(C(=O)N(C)C1CCC(C)(C)CC1)C(N)c1ccccc1.Cl. The number of benzene rings is 1. The Balaban J connectivity index is 0.00000264. The highest BCUT2D eigenvalue weighted by Crippen LogP contribution is 2.37. The van der Waals surface area contributed by atoms with Crippen molar-refractivity contribution in [3.8, 4) is 0 Å². The second-order valence-electron chi connectivity index (χ2n) is 7.57. The molecular formula is C19H31ClN2O.